The maximum atomic E-state index is 11.5. The van der Waals surface area contributed by atoms with Crippen LogP contribution in [0.1, 0.15) is 22.1 Å². The van der Waals surface area contributed by atoms with Gasteiger partial charge in [0.1, 0.15) is 0 Å². The number of benzene rings is 1. The van der Waals surface area contributed by atoms with Crippen LogP contribution in [0.15, 0.2) is 24.3 Å². The number of hydrogen-bond donors (Lipinski definition) is 2. The van der Waals surface area contributed by atoms with Crippen molar-refractivity contribution in [2.45, 2.75) is 6.23 Å². The Balaban J connectivity index is 1.85. The Morgan fingerprint density at radius 3 is 3.00 bits per heavy atom. The summed E-state index contributed by atoms with van der Waals surface area (Å²) in [5.41, 5.74) is 1.47. The Bertz CT molecular complexity index is 394. The summed E-state index contributed by atoms with van der Waals surface area (Å²) in [6.45, 7) is 1.37. The lowest BCUT2D eigenvalue weighted by atomic mass is 10.1. The van der Waals surface area contributed by atoms with Gasteiger partial charge < -0.3 is 14.6 Å². The Morgan fingerprint density at radius 2 is 2.18 bits per heavy atom. The molecule has 17 heavy (non-hydrogen) atoms. The van der Waals surface area contributed by atoms with E-state index in [4.69, 9.17) is 14.6 Å². The van der Waals surface area contributed by atoms with Gasteiger partial charge in [0.15, 0.2) is 6.23 Å². The molecule has 5 nitrogen and oxygen atoms in total. The van der Waals surface area contributed by atoms with Crippen molar-refractivity contribution in [1.29, 1.82) is 0 Å². The van der Waals surface area contributed by atoms with Gasteiger partial charge in [-0.15, -0.1) is 0 Å². The first kappa shape index (κ1) is 12.0. The van der Waals surface area contributed by atoms with Gasteiger partial charge in [-0.25, -0.2) is 4.79 Å². The molecule has 1 aliphatic rings. The molecule has 0 amide bonds. The molecule has 1 aliphatic heterocycles. The summed E-state index contributed by atoms with van der Waals surface area (Å²) < 4.78 is 10.3. The van der Waals surface area contributed by atoms with Gasteiger partial charge in [0, 0.05) is 12.1 Å². The van der Waals surface area contributed by atoms with Crippen LogP contribution < -0.4 is 5.32 Å². The second-order valence-electron chi connectivity index (χ2n) is 3.66. The zero-order valence-electron chi connectivity index (χ0n) is 9.39. The van der Waals surface area contributed by atoms with E-state index >= 15 is 0 Å². The lowest BCUT2D eigenvalue weighted by Crippen LogP contribution is -2.25. The predicted molar refractivity (Wildman–Crippen MR) is 60.5 cm³/mol. The average Bonchev–Trinajstić information content (AvgIpc) is 2.67. The predicted octanol–water partition coefficient (Wildman–Crippen LogP) is 0.454. The number of aliphatic hydroxyl groups excluding tert-OH is 1. The molecule has 1 atom stereocenters. The Morgan fingerprint density at radius 1 is 1.35 bits per heavy atom. The van der Waals surface area contributed by atoms with E-state index in [0.29, 0.717) is 25.3 Å². The highest BCUT2D eigenvalue weighted by Crippen LogP contribution is 2.27. The molecule has 0 radical (unpaired) electrons. The van der Waals surface area contributed by atoms with E-state index in [0.717, 1.165) is 5.56 Å². The van der Waals surface area contributed by atoms with E-state index in [1.54, 1.807) is 6.07 Å². The number of cyclic esters (lactones) is 1. The van der Waals surface area contributed by atoms with Gasteiger partial charge in [-0.1, -0.05) is 18.2 Å². The molecular formula is C12H15NO4. The van der Waals surface area contributed by atoms with Gasteiger partial charge in [0.2, 0.25) is 0 Å². The van der Waals surface area contributed by atoms with Crippen molar-refractivity contribution in [2.75, 3.05) is 26.4 Å². The fraction of sp³-hybridized carbons (Fsp3) is 0.417. The molecule has 0 saturated carbocycles. The number of rotatable bonds is 6. The van der Waals surface area contributed by atoms with Gasteiger partial charge in [-0.3, -0.25) is 5.32 Å². The molecule has 0 aromatic heterocycles. The molecule has 0 fully saturated rings. The van der Waals surface area contributed by atoms with E-state index < -0.39 is 6.23 Å². The first-order valence-electron chi connectivity index (χ1n) is 5.55. The number of hydrogen-bond acceptors (Lipinski definition) is 5. The molecule has 0 bridgehead atoms. The molecule has 1 heterocycles. The van der Waals surface area contributed by atoms with Gasteiger partial charge in [0.05, 0.1) is 25.4 Å². The Hall–Kier alpha value is -1.43. The lowest BCUT2D eigenvalue weighted by molar-refractivity contribution is 0.0268. The zero-order valence-corrected chi connectivity index (χ0v) is 9.39. The van der Waals surface area contributed by atoms with Crippen molar-refractivity contribution in [3.05, 3.63) is 35.4 Å². The first-order valence-corrected chi connectivity index (χ1v) is 5.55. The topological polar surface area (TPSA) is 67.8 Å². The molecule has 5 heteroatoms. The van der Waals surface area contributed by atoms with Crippen LogP contribution in [0.5, 0.6) is 0 Å². The third-order valence-corrected chi connectivity index (χ3v) is 2.50. The van der Waals surface area contributed by atoms with Crippen LogP contribution in [-0.2, 0) is 9.47 Å². The van der Waals surface area contributed by atoms with Gasteiger partial charge in [-0.2, -0.15) is 0 Å². The van der Waals surface area contributed by atoms with E-state index in [2.05, 4.69) is 5.32 Å². The van der Waals surface area contributed by atoms with Crippen LogP contribution in [0.3, 0.4) is 0 Å². The Kier molecular flexibility index (Phi) is 4.08. The van der Waals surface area contributed by atoms with Crippen LogP contribution in [-0.4, -0.2) is 37.4 Å². The fourth-order valence-electron chi connectivity index (χ4n) is 1.73. The quantitative estimate of drug-likeness (QED) is 0.555. The number of carbonyl (C=O) groups excluding carboxylic acids is 1. The molecule has 0 saturated heterocycles. The summed E-state index contributed by atoms with van der Waals surface area (Å²) in [7, 11) is 0. The van der Waals surface area contributed by atoms with Crippen LogP contribution in [0.2, 0.25) is 0 Å². The van der Waals surface area contributed by atoms with E-state index in [1.165, 1.54) is 0 Å². The minimum absolute atomic E-state index is 0.0151. The van der Waals surface area contributed by atoms with Crippen molar-refractivity contribution >= 4 is 5.97 Å². The summed E-state index contributed by atoms with van der Waals surface area (Å²) in [6.07, 6.45) is -0.392. The maximum absolute atomic E-state index is 11.5. The van der Waals surface area contributed by atoms with Crippen LogP contribution >= 0.6 is 0 Å². The molecule has 92 valence electrons. The number of carbonyl (C=O) groups is 1. The average molecular weight is 237 g/mol. The summed E-state index contributed by atoms with van der Waals surface area (Å²) in [5.74, 6) is -0.297. The van der Waals surface area contributed by atoms with E-state index in [9.17, 15) is 4.79 Å². The molecule has 1 unspecified atom stereocenters. The highest BCUT2D eigenvalue weighted by Gasteiger charge is 2.29. The van der Waals surface area contributed by atoms with Crippen LogP contribution in [0, 0.1) is 0 Å². The number of ether oxygens (including phenoxy) is 2. The van der Waals surface area contributed by atoms with Crippen molar-refractivity contribution in [3.63, 3.8) is 0 Å². The van der Waals surface area contributed by atoms with Gasteiger partial charge in [-0.05, 0) is 6.07 Å². The smallest absolute Gasteiger partial charge is 0.340 e. The number of fused-ring (bicyclic) bond motifs is 1. The summed E-state index contributed by atoms with van der Waals surface area (Å²) in [5, 5.41) is 11.6. The first-order chi connectivity index (χ1) is 8.33. The second kappa shape index (κ2) is 5.77. The van der Waals surface area contributed by atoms with Crippen molar-refractivity contribution in [3.8, 4) is 0 Å². The minimum atomic E-state index is -0.392. The molecule has 1 aromatic carbocycles. The summed E-state index contributed by atoms with van der Waals surface area (Å²) in [4.78, 5) is 11.5. The lowest BCUT2D eigenvalue weighted by Gasteiger charge is -2.12. The van der Waals surface area contributed by atoms with Crippen LogP contribution in [0.4, 0.5) is 0 Å². The van der Waals surface area contributed by atoms with E-state index in [1.807, 2.05) is 18.2 Å². The molecule has 2 rings (SSSR count). The Labute approximate surface area is 99.3 Å². The molecular weight excluding hydrogens is 222 g/mol. The molecule has 2 N–H and O–H groups in total. The molecule has 0 aliphatic carbocycles. The highest BCUT2D eigenvalue weighted by atomic mass is 16.6. The normalized spacial score (nSPS) is 17.9. The minimum Gasteiger partial charge on any atom is -0.439 e. The fourth-order valence-corrected chi connectivity index (χ4v) is 1.73. The number of esters is 1. The SMILES string of the molecule is O=C1OC(NCCOCCO)c2ccccc21. The second-order valence-corrected chi connectivity index (χ2v) is 3.66. The third-order valence-electron chi connectivity index (χ3n) is 2.50. The van der Waals surface area contributed by atoms with E-state index in [-0.39, 0.29) is 12.6 Å². The monoisotopic (exact) mass is 237 g/mol. The molecule has 0 spiro atoms. The largest absolute Gasteiger partial charge is 0.439 e. The zero-order chi connectivity index (χ0) is 12.1. The van der Waals surface area contributed by atoms with Crippen molar-refractivity contribution in [1.82, 2.24) is 5.32 Å². The number of aliphatic hydroxyl groups is 1. The third kappa shape index (κ3) is 2.82. The standard InChI is InChI=1S/C12H15NO4/c14-6-8-16-7-5-13-11-9-3-1-2-4-10(9)12(15)17-11/h1-4,11,13-14H,5-8H2. The van der Waals surface area contributed by atoms with Crippen LogP contribution in [0.25, 0.3) is 0 Å². The number of nitrogens with one attached hydrogen (secondary N) is 1. The van der Waals surface area contributed by atoms with Gasteiger partial charge >= 0.3 is 5.97 Å². The highest BCUT2D eigenvalue weighted by molar-refractivity contribution is 5.93. The summed E-state index contributed by atoms with van der Waals surface area (Å²) in [6, 6.07) is 7.30. The summed E-state index contributed by atoms with van der Waals surface area (Å²) >= 11 is 0. The maximum Gasteiger partial charge on any atom is 0.340 e. The van der Waals surface area contributed by atoms with Crippen molar-refractivity contribution < 1.29 is 19.4 Å². The van der Waals surface area contributed by atoms with Gasteiger partial charge in [0.25, 0.3) is 0 Å². The van der Waals surface area contributed by atoms with Crippen molar-refractivity contribution in [2.24, 2.45) is 0 Å². The molecule has 1 aromatic rings.